The number of amides is 2. The Morgan fingerprint density at radius 3 is 1.16 bits per heavy atom. The molecule has 0 spiro atoms. The maximum Gasteiger partial charge on any atom is 0.266 e. The number of anilines is 4. The lowest BCUT2D eigenvalue weighted by atomic mass is 9.78. The molecular formula is C84H64N2O4. The third-order valence-electron chi connectivity index (χ3n) is 18.3. The second-order valence-electron chi connectivity index (χ2n) is 24.1. The third-order valence-corrected chi connectivity index (χ3v) is 18.3. The van der Waals surface area contributed by atoms with Gasteiger partial charge in [-0.05, 0) is 206 Å². The maximum atomic E-state index is 15.0. The van der Waals surface area contributed by atoms with Gasteiger partial charge < -0.3 is 14.4 Å². The maximum absolute atomic E-state index is 15.0. The summed E-state index contributed by atoms with van der Waals surface area (Å²) in [5.41, 5.74) is 20.2. The first-order valence-corrected chi connectivity index (χ1v) is 30.9. The van der Waals surface area contributed by atoms with Crippen LogP contribution in [0.25, 0.3) is 110 Å². The molecule has 0 fully saturated rings. The van der Waals surface area contributed by atoms with E-state index in [1.807, 2.05) is 42.5 Å². The first-order chi connectivity index (χ1) is 44.1. The zero-order valence-corrected chi connectivity index (χ0v) is 51.1. The number of ether oxygens (including phenoxy) is 2. The minimum absolute atomic E-state index is 0.106. The number of methoxy groups -OCH3 is 2. The Labute approximate surface area is 524 Å². The normalized spacial score (nSPS) is 12.3. The summed E-state index contributed by atoms with van der Waals surface area (Å²) < 4.78 is 11.2. The molecule has 1 heterocycles. The summed E-state index contributed by atoms with van der Waals surface area (Å²) in [7, 11) is 3.38. The Morgan fingerprint density at radius 2 is 0.678 bits per heavy atom. The standard InChI is InChI=1S/C84H64N2O4/c1-51(2)64-24-16-25-65(52(3)4)82(64)86-83(87)72-48-46-70-68-27-17-26-67-66(44-45-69(79(67)68)71-47-49-73(84(86)88)81(72)80(70)71)54-28-30-58(31-29-54)78-76(56-20-12-8-13-21-56)74(53-18-10-7-11-19-53)50-75(77(78)57-22-14-9-15-23-57)55-32-34-59(35-33-55)85(60-36-40-62(89-5)41-37-60)61-38-42-63(90-6)43-39-61/h7-52H,1-6H3. The van der Waals surface area contributed by atoms with E-state index in [1.165, 1.54) is 4.90 Å². The van der Waals surface area contributed by atoms with E-state index in [0.717, 1.165) is 150 Å². The highest BCUT2D eigenvalue weighted by Crippen LogP contribution is 2.53. The number of rotatable bonds is 14. The van der Waals surface area contributed by atoms with E-state index in [1.54, 1.807) is 14.2 Å². The molecule has 15 rings (SSSR count). The predicted molar refractivity (Wildman–Crippen MR) is 374 cm³/mol. The van der Waals surface area contributed by atoms with Gasteiger partial charge in [0.1, 0.15) is 11.5 Å². The topological polar surface area (TPSA) is 59.1 Å². The molecule has 434 valence electrons. The first-order valence-electron chi connectivity index (χ1n) is 30.9. The molecule has 6 nitrogen and oxygen atoms in total. The lowest BCUT2D eigenvalue weighted by Gasteiger charge is -2.32. The number of fused-ring (bicyclic) bond motifs is 2. The number of nitrogens with zero attached hydrogens (tertiary/aromatic N) is 2. The van der Waals surface area contributed by atoms with E-state index in [4.69, 9.17) is 9.47 Å². The van der Waals surface area contributed by atoms with Crippen molar-refractivity contribution in [1.29, 1.82) is 0 Å². The van der Waals surface area contributed by atoms with E-state index in [0.29, 0.717) is 16.8 Å². The van der Waals surface area contributed by atoms with Gasteiger partial charge in [0.2, 0.25) is 0 Å². The summed E-state index contributed by atoms with van der Waals surface area (Å²) in [6.45, 7) is 8.48. The number of carbonyl (C=O) groups excluding carboxylic acids is 2. The number of hydrogen-bond acceptors (Lipinski definition) is 5. The molecule has 0 aliphatic carbocycles. The van der Waals surface area contributed by atoms with Crippen LogP contribution >= 0.6 is 0 Å². The third kappa shape index (κ3) is 9.17. The second-order valence-corrected chi connectivity index (χ2v) is 24.1. The largest absolute Gasteiger partial charge is 0.497 e. The zero-order chi connectivity index (χ0) is 61.3. The number of imide groups is 1. The highest BCUT2D eigenvalue weighted by atomic mass is 16.5. The van der Waals surface area contributed by atoms with Gasteiger partial charge in [-0.2, -0.15) is 0 Å². The molecular weight excluding hydrogens is 1100 g/mol. The Balaban J connectivity index is 0.890. The molecule has 2 amide bonds. The van der Waals surface area contributed by atoms with E-state index in [9.17, 15) is 0 Å². The van der Waals surface area contributed by atoms with Crippen LogP contribution in [0.5, 0.6) is 11.5 Å². The van der Waals surface area contributed by atoms with Crippen molar-refractivity contribution < 1.29 is 19.1 Å². The van der Waals surface area contributed by atoms with E-state index >= 15 is 9.59 Å². The monoisotopic (exact) mass is 1160 g/mol. The van der Waals surface area contributed by atoms with Gasteiger partial charge in [-0.25, -0.2) is 4.90 Å². The fourth-order valence-electron chi connectivity index (χ4n) is 14.1. The van der Waals surface area contributed by atoms with Gasteiger partial charge in [-0.3, -0.25) is 9.59 Å². The molecule has 90 heavy (non-hydrogen) atoms. The Hall–Kier alpha value is -11.1. The van der Waals surface area contributed by atoms with Crippen molar-refractivity contribution in [2.75, 3.05) is 24.0 Å². The van der Waals surface area contributed by atoms with Crippen molar-refractivity contribution >= 4 is 77.7 Å². The molecule has 0 saturated carbocycles. The molecule has 0 aromatic heterocycles. The van der Waals surface area contributed by atoms with Crippen LogP contribution in [0.4, 0.5) is 22.7 Å². The van der Waals surface area contributed by atoms with Crippen molar-refractivity contribution in [3.05, 3.63) is 289 Å². The van der Waals surface area contributed by atoms with Crippen LogP contribution in [0.15, 0.2) is 267 Å². The fraction of sp³-hybridized carbons (Fsp3) is 0.0952. The Kier molecular flexibility index (Phi) is 13.9. The Morgan fingerprint density at radius 1 is 0.311 bits per heavy atom. The van der Waals surface area contributed by atoms with Gasteiger partial charge >= 0.3 is 0 Å². The highest BCUT2D eigenvalue weighted by Gasteiger charge is 2.38. The van der Waals surface area contributed by atoms with Crippen molar-refractivity contribution in [3.63, 3.8) is 0 Å². The number of benzene rings is 14. The van der Waals surface area contributed by atoms with Gasteiger partial charge in [0.15, 0.2) is 0 Å². The quantitative estimate of drug-likeness (QED) is 0.0617. The zero-order valence-electron chi connectivity index (χ0n) is 51.1. The average molecular weight is 1170 g/mol. The molecule has 14 aromatic rings. The van der Waals surface area contributed by atoms with Crippen LogP contribution in [0, 0.1) is 0 Å². The fourth-order valence-corrected chi connectivity index (χ4v) is 14.1. The summed E-state index contributed by atoms with van der Waals surface area (Å²) >= 11 is 0. The summed E-state index contributed by atoms with van der Waals surface area (Å²) in [5, 5.41) is 8.17. The smallest absolute Gasteiger partial charge is 0.266 e. The number of hydrogen-bond donors (Lipinski definition) is 0. The van der Waals surface area contributed by atoms with E-state index in [-0.39, 0.29) is 23.7 Å². The molecule has 0 unspecified atom stereocenters. The van der Waals surface area contributed by atoms with Crippen LogP contribution in [0.1, 0.15) is 71.4 Å². The van der Waals surface area contributed by atoms with Crippen molar-refractivity contribution in [2.45, 2.75) is 39.5 Å². The van der Waals surface area contributed by atoms with Gasteiger partial charge in [-0.15, -0.1) is 0 Å². The first kappa shape index (κ1) is 55.5. The van der Waals surface area contributed by atoms with Gasteiger partial charge in [0.25, 0.3) is 11.8 Å². The molecule has 0 N–H and O–H groups in total. The molecule has 14 aromatic carbocycles. The van der Waals surface area contributed by atoms with Crippen LogP contribution in [0.3, 0.4) is 0 Å². The van der Waals surface area contributed by atoms with E-state index < -0.39 is 0 Å². The lowest BCUT2D eigenvalue weighted by Crippen LogP contribution is -2.41. The lowest BCUT2D eigenvalue weighted by molar-refractivity contribution is 0.0892. The van der Waals surface area contributed by atoms with Crippen molar-refractivity contribution in [1.82, 2.24) is 0 Å². The predicted octanol–water partition coefficient (Wildman–Crippen LogP) is 22.3. The summed E-state index contributed by atoms with van der Waals surface area (Å²) in [5.74, 6) is 1.23. The van der Waals surface area contributed by atoms with Crippen molar-refractivity contribution in [3.8, 4) is 78.3 Å². The average Bonchev–Trinajstić information content (AvgIpc) is 0.706. The second kappa shape index (κ2) is 22.6. The highest BCUT2D eigenvalue weighted by molar-refractivity contribution is 6.42. The van der Waals surface area contributed by atoms with Crippen LogP contribution in [0.2, 0.25) is 0 Å². The minimum Gasteiger partial charge on any atom is -0.497 e. The summed E-state index contributed by atoms with van der Waals surface area (Å²) in [4.78, 5) is 33.8. The summed E-state index contributed by atoms with van der Waals surface area (Å²) in [6.07, 6.45) is 0. The number of carbonyl (C=O) groups is 2. The SMILES string of the molecule is COc1ccc(N(c2ccc(OC)cc2)c2ccc(-c3cc(-c4ccccc4)c(-c4ccccc4)c(-c4ccc(-c5ccc6c7ccc8c9c(ccc(c%10cccc5c%106)c97)C(=O)N(c5c(C(C)C)cccc5C(C)C)C8=O)cc4)c3-c3ccccc3)cc2)cc1. The van der Waals surface area contributed by atoms with Gasteiger partial charge in [0, 0.05) is 33.6 Å². The van der Waals surface area contributed by atoms with Gasteiger partial charge in [0.05, 0.1) is 19.9 Å². The minimum atomic E-state index is -0.281. The van der Waals surface area contributed by atoms with Crippen LogP contribution in [-0.4, -0.2) is 26.0 Å². The van der Waals surface area contributed by atoms with E-state index in [2.05, 4.69) is 257 Å². The van der Waals surface area contributed by atoms with Crippen molar-refractivity contribution in [2.24, 2.45) is 0 Å². The molecule has 0 atom stereocenters. The van der Waals surface area contributed by atoms with Crippen LogP contribution < -0.4 is 19.3 Å². The molecule has 0 radical (unpaired) electrons. The van der Waals surface area contributed by atoms with Crippen LogP contribution in [-0.2, 0) is 0 Å². The molecule has 1 aliphatic rings. The molecule has 0 bridgehead atoms. The molecule has 6 heteroatoms. The van der Waals surface area contributed by atoms with Gasteiger partial charge in [-0.1, -0.05) is 216 Å². The Bertz CT molecular complexity index is 4930. The summed E-state index contributed by atoms with van der Waals surface area (Å²) in [6, 6.07) is 94.6. The number of para-hydroxylation sites is 1. The molecule has 0 saturated heterocycles. The molecule has 1 aliphatic heterocycles.